The minimum absolute atomic E-state index is 0.612. The van der Waals surface area contributed by atoms with E-state index in [1.54, 1.807) is 0 Å². The third-order valence-electron chi connectivity index (χ3n) is 5.29. The van der Waals surface area contributed by atoms with Crippen LogP contribution >= 0.6 is 0 Å². The van der Waals surface area contributed by atoms with Gasteiger partial charge in [0.2, 0.25) is 0 Å². The van der Waals surface area contributed by atoms with Gasteiger partial charge in [-0.1, -0.05) is 57.5 Å². The quantitative estimate of drug-likeness (QED) is 0.831. The summed E-state index contributed by atoms with van der Waals surface area (Å²) in [6.07, 6.45) is 6.06. The Morgan fingerprint density at radius 2 is 1.95 bits per heavy atom. The average molecular weight is 299 g/mol. The molecule has 1 fully saturated rings. The van der Waals surface area contributed by atoms with Crippen LogP contribution in [-0.2, 0) is 6.54 Å². The second-order valence-electron chi connectivity index (χ2n) is 7.44. The molecule has 0 saturated heterocycles. The van der Waals surface area contributed by atoms with Crippen LogP contribution in [-0.4, -0.2) is 29.0 Å². The Hall–Kier alpha value is -1.51. The smallest absolute Gasteiger partial charge is 0.113 e. The minimum Gasteiger partial charge on any atom is -0.338 e. The van der Waals surface area contributed by atoms with E-state index in [0.717, 1.165) is 31.0 Å². The second kappa shape index (κ2) is 6.72. The van der Waals surface area contributed by atoms with Crippen LogP contribution in [0.4, 0.5) is 0 Å². The second-order valence-corrected chi connectivity index (χ2v) is 7.44. The van der Waals surface area contributed by atoms with Crippen molar-refractivity contribution in [2.75, 3.05) is 6.67 Å². The van der Waals surface area contributed by atoms with E-state index < -0.39 is 0 Å². The summed E-state index contributed by atoms with van der Waals surface area (Å²) in [5.41, 5.74) is 1.35. The summed E-state index contributed by atoms with van der Waals surface area (Å²) in [6.45, 7) is 9.03. The fourth-order valence-corrected chi connectivity index (χ4v) is 3.99. The highest BCUT2D eigenvalue weighted by Crippen LogP contribution is 2.37. The highest BCUT2D eigenvalue weighted by Gasteiger charge is 2.36. The Kier molecular flexibility index (Phi) is 4.70. The van der Waals surface area contributed by atoms with Gasteiger partial charge in [-0.15, -0.1) is 0 Å². The summed E-state index contributed by atoms with van der Waals surface area (Å²) in [5.74, 6) is 2.36. The Morgan fingerprint density at radius 1 is 1.18 bits per heavy atom. The zero-order valence-corrected chi connectivity index (χ0v) is 14.2. The lowest BCUT2D eigenvalue weighted by Crippen LogP contribution is -2.44. The lowest BCUT2D eigenvalue weighted by molar-refractivity contribution is 0.0507. The van der Waals surface area contributed by atoms with Crippen LogP contribution in [0.15, 0.2) is 35.4 Å². The first-order chi connectivity index (χ1) is 10.6. The van der Waals surface area contributed by atoms with E-state index in [-0.39, 0.29) is 0 Å². The molecule has 22 heavy (non-hydrogen) atoms. The molecule has 0 amide bonds. The Labute approximate surface area is 135 Å². The minimum atomic E-state index is 0.612. The normalized spacial score (nSPS) is 28.6. The van der Waals surface area contributed by atoms with Gasteiger partial charge in [-0.25, -0.2) is 0 Å². The molecule has 1 aromatic rings. The Balaban J connectivity index is 1.62. The molecule has 0 N–H and O–H groups in total. The van der Waals surface area contributed by atoms with Gasteiger partial charge in [0.05, 0.1) is 6.04 Å². The third-order valence-corrected chi connectivity index (χ3v) is 5.29. The van der Waals surface area contributed by atoms with E-state index in [2.05, 4.69) is 61.0 Å². The standard InChI is InChI=1S/C19H29N3/c1-15(2)18-10-9-16(3)11-19(18)22-14-21(13-20-22)12-17-7-5-4-6-8-17/h4-8,13,15-16,18-19H,9-12,14H2,1-3H3/t16-,18+,19+/m1/s1. The van der Waals surface area contributed by atoms with E-state index in [1.165, 1.54) is 24.8 Å². The van der Waals surface area contributed by atoms with Gasteiger partial charge in [0.1, 0.15) is 13.0 Å². The van der Waals surface area contributed by atoms with Crippen LogP contribution in [0.1, 0.15) is 45.6 Å². The lowest BCUT2D eigenvalue weighted by atomic mass is 9.74. The summed E-state index contributed by atoms with van der Waals surface area (Å²) in [5, 5.41) is 7.09. The van der Waals surface area contributed by atoms with Gasteiger partial charge >= 0.3 is 0 Å². The number of hydrazone groups is 1. The van der Waals surface area contributed by atoms with E-state index in [1.807, 2.05) is 6.34 Å². The molecule has 2 aliphatic rings. The van der Waals surface area contributed by atoms with Crippen molar-refractivity contribution in [2.24, 2.45) is 22.9 Å². The van der Waals surface area contributed by atoms with Crippen LogP contribution < -0.4 is 0 Å². The third kappa shape index (κ3) is 3.45. The summed E-state index contributed by atoms with van der Waals surface area (Å²) < 4.78 is 0. The monoisotopic (exact) mass is 299 g/mol. The number of benzene rings is 1. The SMILES string of the molecule is CC(C)[C@@H]1CC[C@@H](C)C[C@@H]1N1CN(Cc2ccccc2)C=N1. The Bertz CT molecular complexity index is 497. The molecule has 1 heterocycles. The molecule has 0 radical (unpaired) electrons. The van der Waals surface area contributed by atoms with Gasteiger partial charge in [0.25, 0.3) is 0 Å². The fourth-order valence-electron chi connectivity index (χ4n) is 3.99. The first-order valence-electron chi connectivity index (χ1n) is 8.72. The van der Waals surface area contributed by atoms with Gasteiger partial charge in [-0.2, -0.15) is 5.10 Å². The van der Waals surface area contributed by atoms with Crippen molar-refractivity contribution in [2.45, 2.75) is 52.6 Å². The molecule has 0 unspecified atom stereocenters. The first-order valence-corrected chi connectivity index (χ1v) is 8.72. The van der Waals surface area contributed by atoms with Crippen molar-refractivity contribution in [3.05, 3.63) is 35.9 Å². The molecular weight excluding hydrogens is 270 g/mol. The molecular formula is C19H29N3. The molecule has 1 aliphatic carbocycles. The van der Waals surface area contributed by atoms with Crippen LogP contribution in [0, 0.1) is 17.8 Å². The van der Waals surface area contributed by atoms with E-state index >= 15 is 0 Å². The predicted octanol–water partition coefficient (Wildman–Crippen LogP) is 4.17. The van der Waals surface area contributed by atoms with E-state index in [9.17, 15) is 0 Å². The summed E-state index contributed by atoms with van der Waals surface area (Å²) in [7, 11) is 0. The number of nitrogens with zero attached hydrogens (tertiary/aromatic N) is 3. The number of hydrogen-bond donors (Lipinski definition) is 0. The topological polar surface area (TPSA) is 18.8 Å². The van der Waals surface area contributed by atoms with Crippen molar-refractivity contribution < 1.29 is 0 Å². The van der Waals surface area contributed by atoms with Crippen LogP contribution in [0.5, 0.6) is 0 Å². The van der Waals surface area contributed by atoms with Crippen LogP contribution in [0.3, 0.4) is 0 Å². The first kappa shape index (κ1) is 15.4. The Morgan fingerprint density at radius 3 is 2.68 bits per heavy atom. The fraction of sp³-hybridized carbons (Fsp3) is 0.632. The molecule has 120 valence electrons. The molecule has 0 bridgehead atoms. The maximum Gasteiger partial charge on any atom is 0.113 e. The van der Waals surface area contributed by atoms with Crippen molar-refractivity contribution >= 4 is 6.34 Å². The van der Waals surface area contributed by atoms with E-state index in [4.69, 9.17) is 5.10 Å². The van der Waals surface area contributed by atoms with Gasteiger partial charge in [0.15, 0.2) is 0 Å². The summed E-state index contributed by atoms with van der Waals surface area (Å²) >= 11 is 0. The van der Waals surface area contributed by atoms with Gasteiger partial charge < -0.3 is 4.90 Å². The molecule has 3 heteroatoms. The van der Waals surface area contributed by atoms with Crippen molar-refractivity contribution in [3.8, 4) is 0 Å². The molecule has 3 nitrogen and oxygen atoms in total. The van der Waals surface area contributed by atoms with Crippen molar-refractivity contribution in [1.82, 2.24) is 9.91 Å². The van der Waals surface area contributed by atoms with Gasteiger partial charge in [-0.3, -0.25) is 5.01 Å². The van der Waals surface area contributed by atoms with Crippen molar-refractivity contribution in [1.29, 1.82) is 0 Å². The van der Waals surface area contributed by atoms with Crippen LogP contribution in [0.2, 0.25) is 0 Å². The summed E-state index contributed by atoms with van der Waals surface area (Å²) in [6, 6.07) is 11.3. The van der Waals surface area contributed by atoms with E-state index in [0.29, 0.717) is 6.04 Å². The van der Waals surface area contributed by atoms with Crippen molar-refractivity contribution in [3.63, 3.8) is 0 Å². The maximum atomic E-state index is 4.74. The summed E-state index contributed by atoms with van der Waals surface area (Å²) in [4.78, 5) is 2.33. The molecule has 0 aromatic heterocycles. The zero-order valence-electron chi connectivity index (χ0n) is 14.2. The molecule has 3 atom stereocenters. The molecule has 1 saturated carbocycles. The molecule has 1 aliphatic heterocycles. The van der Waals surface area contributed by atoms with Crippen LogP contribution in [0.25, 0.3) is 0 Å². The highest BCUT2D eigenvalue weighted by atomic mass is 15.6. The molecule has 0 spiro atoms. The molecule has 3 rings (SSSR count). The van der Waals surface area contributed by atoms with Gasteiger partial charge in [-0.05, 0) is 36.2 Å². The average Bonchev–Trinajstić information content (AvgIpc) is 2.96. The lowest BCUT2D eigenvalue weighted by Gasteiger charge is -2.41. The largest absolute Gasteiger partial charge is 0.338 e. The number of rotatable bonds is 4. The highest BCUT2D eigenvalue weighted by molar-refractivity contribution is 5.56. The predicted molar refractivity (Wildman–Crippen MR) is 92.3 cm³/mol. The maximum absolute atomic E-state index is 4.74. The van der Waals surface area contributed by atoms with Gasteiger partial charge in [0, 0.05) is 6.54 Å². The zero-order chi connectivity index (χ0) is 15.5. The number of hydrogen-bond acceptors (Lipinski definition) is 3. The molecule has 1 aromatic carbocycles.